The number of hydrogen-bond acceptors (Lipinski definition) is 19. The average molecular weight is 875 g/mol. The van der Waals surface area contributed by atoms with Gasteiger partial charge < -0.3 is 56.1 Å². The van der Waals surface area contributed by atoms with E-state index >= 15 is 0 Å². The number of aryl methyl sites for hydroxylation is 1. The number of carbonyl (C=O) groups is 1. The molecule has 342 valence electrons. The largest absolute Gasteiger partial charge is 0.483 e. The highest BCUT2D eigenvalue weighted by molar-refractivity contribution is 5.85. The van der Waals surface area contributed by atoms with Crippen LogP contribution in [0.2, 0.25) is 0 Å². The molecule has 23 heteroatoms. The van der Waals surface area contributed by atoms with Crippen molar-refractivity contribution in [2.24, 2.45) is 0 Å². The van der Waals surface area contributed by atoms with E-state index in [1.807, 2.05) is 6.92 Å². The van der Waals surface area contributed by atoms with Crippen molar-refractivity contribution < 1.29 is 24.9 Å². The number of imidazole rings is 2. The van der Waals surface area contributed by atoms with Gasteiger partial charge in [-0.15, -0.1) is 10.2 Å². The Labute approximate surface area is 365 Å². The number of tetrazole rings is 1. The van der Waals surface area contributed by atoms with Gasteiger partial charge in [0.2, 0.25) is 17.7 Å². The molecule has 0 spiro atoms. The van der Waals surface area contributed by atoms with Crippen molar-refractivity contribution in [1.82, 2.24) is 69.5 Å². The number of nitrogens with zero attached hydrogens (tertiary/aromatic N) is 13. The number of likely N-dealkylation sites (tertiary alicyclic amines) is 2. The summed E-state index contributed by atoms with van der Waals surface area (Å²) in [6.45, 7) is 10.8. The highest BCUT2D eigenvalue weighted by Gasteiger charge is 2.47. The zero-order chi connectivity index (χ0) is 43.5. The van der Waals surface area contributed by atoms with Gasteiger partial charge in [0, 0.05) is 25.2 Å². The van der Waals surface area contributed by atoms with Gasteiger partial charge in [0.15, 0.2) is 40.8 Å². The lowest BCUT2D eigenvalue weighted by Crippen LogP contribution is -2.33. The number of fused-ring (bicyclic) bond motifs is 2. The summed E-state index contributed by atoms with van der Waals surface area (Å²) in [5.41, 5.74) is 2.49. The normalized spacial score (nSPS) is 24.2. The highest BCUT2D eigenvalue weighted by Crippen LogP contribution is 2.39. The van der Waals surface area contributed by atoms with E-state index in [1.165, 1.54) is 56.7 Å². The number of unbranched alkanes of at least 4 members (excludes halogenated alkanes) is 2. The molecule has 3 saturated heterocycles. The average Bonchev–Trinajstić information content (AvgIpc) is 4.16. The number of hydrogen-bond donors (Lipinski definition) is 8. The van der Waals surface area contributed by atoms with Gasteiger partial charge in [-0.2, -0.15) is 24.7 Å². The lowest BCUT2D eigenvalue weighted by Gasteiger charge is -2.30. The number of carboxylic acid groups (broad SMARTS) is 1. The predicted octanol–water partition coefficient (Wildman–Crippen LogP) is 2.60. The zero-order valence-corrected chi connectivity index (χ0v) is 36.0. The quantitative estimate of drug-likeness (QED) is 0.0437. The van der Waals surface area contributed by atoms with Crippen LogP contribution in [-0.4, -0.2) is 168 Å². The monoisotopic (exact) mass is 875 g/mol. The third-order valence-corrected chi connectivity index (χ3v) is 12.4. The number of rotatable bonds is 19. The minimum Gasteiger partial charge on any atom is -0.483 e. The minimum absolute atomic E-state index is 0.141. The maximum atomic E-state index is 11.2. The van der Waals surface area contributed by atoms with Gasteiger partial charge in [-0.05, 0) is 128 Å². The van der Waals surface area contributed by atoms with Crippen LogP contribution in [0.5, 0.6) is 0 Å². The first-order valence-electron chi connectivity index (χ1n) is 22.7. The van der Waals surface area contributed by atoms with Crippen molar-refractivity contribution in [2.45, 2.75) is 127 Å². The third kappa shape index (κ3) is 10.9. The summed E-state index contributed by atoms with van der Waals surface area (Å²) in [6, 6.07) is 0.357. The zero-order valence-electron chi connectivity index (χ0n) is 36.0. The molecule has 5 aromatic rings. The summed E-state index contributed by atoms with van der Waals surface area (Å²) >= 11 is 0. The topological polar surface area (TPSA) is 283 Å². The van der Waals surface area contributed by atoms with Gasteiger partial charge in [-0.3, -0.25) is 9.36 Å². The summed E-state index contributed by atoms with van der Waals surface area (Å²) in [7, 11) is 0. The number of H-pyrrole nitrogens is 1. The Morgan fingerprint density at radius 3 is 2.03 bits per heavy atom. The molecule has 8 heterocycles. The molecule has 4 aliphatic rings. The molecular weight excluding hydrogens is 813 g/mol. The molecule has 1 saturated carbocycles. The second-order valence-corrected chi connectivity index (χ2v) is 16.8. The molecule has 0 aromatic carbocycles. The van der Waals surface area contributed by atoms with E-state index in [9.17, 15) is 10.2 Å². The van der Waals surface area contributed by atoms with Crippen molar-refractivity contribution >= 4 is 52.3 Å². The van der Waals surface area contributed by atoms with Gasteiger partial charge in [-0.25, -0.2) is 9.97 Å². The molecule has 1 aliphatic carbocycles. The van der Waals surface area contributed by atoms with E-state index in [1.54, 1.807) is 17.2 Å². The van der Waals surface area contributed by atoms with Crippen LogP contribution < -0.4 is 21.3 Å². The van der Waals surface area contributed by atoms with Crippen LogP contribution >= 0.6 is 0 Å². The van der Waals surface area contributed by atoms with Crippen molar-refractivity contribution in [3.05, 3.63) is 18.5 Å². The van der Waals surface area contributed by atoms with E-state index in [0.717, 1.165) is 82.3 Å². The molecule has 63 heavy (non-hydrogen) atoms. The molecule has 0 amide bonds. The van der Waals surface area contributed by atoms with Crippen LogP contribution in [0.4, 0.5) is 23.5 Å². The van der Waals surface area contributed by atoms with Crippen molar-refractivity contribution in [2.75, 3.05) is 73.6 Å². The van der Waals surface area contributed by atoms with E-state index in [0.29, 0.717) is 47.6 Å². The molecule has 5 aromatic heterocycles. The summed E-state index contributed by atoms with van der Waals surface area (Å²) in [4.78, 5) is 46.6. The summed E-state index contributed by atoms with van der Waals surface area (Å²) in [5.74, 6) is 2.64. The van der Waals surface area contributed by atoms with Gasteiger partial charge in [0.25, 0.3) is 6.47 Å². The van der Waals surface area contributed by atoms with E-state index in [2.05, 4.69) is 61.4 Å². The maximum absolute atomic E-state index is 11.2. The van der Waals surface area contributed by atoms with Crippen molar-refractivity contribution in [3.63, 3.8) is 0 Å². The number of aromatic amines is 1. The maximum Gasteiger partial charge on any atom is 0.290 e. The van der Waals surface area contributed by atoms with Crippen molar-refractivity contribution in [3.8, 4) is 0 Å². The molecule has 0 radical (unpaired) electrons. The third-order valence-electron chi connectivity index (χ3n) is 12.4. The van der Waals surface area contributed by atoms with E-state index in [4.69, 9.17) is 34.6 Å². The first-order valence-corrected chi connectivity index (χ1v) is 22.7. The first-order chi connectivity index (χ1) is 30.9. The second-order valence-electron chi connectivity index (χ2n) is 16.8. The molecule has 8 N–H and O–H groups in total. The molecule has 0 unspecified atom stereocenters. The predicted molar refractivity (Wildman–Crippen MR) is 234 cm³/mol. The van der Waals surface area contributed by atoms with Crippen LogP contribution in [-0.2, 0) is 16.1 Å². The minimum atomic E-state index is -1.29. The number of anilines is 4. The lowest BCUT2D eigenvalue weighted by atomic mass is 9.91. The smallest absolute Gasteiger partial charge is 0.290 e. The molecule has 9 rings (SSSR count). The fraction of sp³-hybridized carbons (Fsp3) is 0.700. The SMILES string of the molecule is CCn1nnc([C@H]2O[C@@H](n3cnc4c(NC5CCC(Nc6nc(NCCCCN7CCCC7)nc7nc[nH]c67)CC5)nc(NCCCCN5CCCC5)nc43)[C@H](O)[C@@H]2O)n1.O=CO. The Bertz CT molecular complexity index is 2200. The van der Waals surface area contributed by atoms with Gasteiger partial charge in [-0.1, -0.05) is 0 Å². The summed E-state index contributed by atoms with van der Waals surface area (Å²) in [5, 5.41) is 55.9. The fourth-order valence-corrected chi connectivity index (χ4v) is 9.01. The Morgan fingerprint density at radius 2 is 1.41 bits per heavy atom. The van der Waals surface area contributed by atoms with Gasteiger partial charge >= 0.3 is 0 Å². The Balaban J connectivity index is 0.00000177. The van der Waals surface area contributed by atoms with Crippen LogP contribution in [0.1, 0.15) is 102 Å². The first kappa shape index (κ1) is 44.3. The van der Waals surface area contributed by atoms with Crippen LogP contribution in [0.25, 0.3) is 22.3 Å². The Morgan fingerprint density at radius 1 is 0.810 bits per heavy atom. The standard InChI is InChI=1S/C39H60N18O3.CH2O2/c1-2-57-52-35(51-53-57)31-29(58)30(59)37(60-31)56-24-44-28-34(49-39(50-36(28)56)41-16-4-6-18-55-21-9-10-22-55)46-26-13-11-25(12-14-26)45-33-27-32(43-23-42-27)47-38(48-33)40-15-3-5-17-54-19-7-8-20-54;2-1-3/h23-26,29-31,37,58-59H,2-22H2,1H3,(H2,41,46,49,50)(H3,40,42,43,45,47,48);1H,(H,2,3)/t25?,26?,29-,30+,31-,37+;/m0./s1. The molecular formula is C40H62N18O5. The van der Waals surface area contributed by atoms with E-state index < -0.39 is 24.5 Å². The summed E-state index contributed by atoms with van der Waals surface area (Å²) < 4.78 is 7.88. The molecule has 3 aliphatic heterocycles. The lowest BCUT2D eigenvalue weighted by molar-refractivity contribution is -0.122. The molecule has 4 fully saturated rings. The van der Waals surface area contributed by atoms with E-state index in [-0.39, 0.29) is 24.4 Å². The fourth-order valence-electron chi connectivity index (χ4n) is 9.01. The number of ether oxygens (including phenoxy) is 1. The number of aromatic nitrogens is 12. The van der Waals surface area contributed by atoms with Crippen LogP contribution in [0.3, 0.4) is 0 Å². The molecule has 4 atom stereocenters. The Hall–Kier alpha value is -5.36. The van der Waals surface area contributed by atoms with Crippen LogP contribution in [0, 0.1) is 0 Å². The highest BCUT2D eigenvalue weighted by atomic mass is 16.6. The summed E-state index contributed by atoms with van der Waals surface area (Å²) in [6.07, 6.45) is 11.9. The number of nitrogens with one attached hydrogen (secondary N) is 5. The van der Waals surface area contributed by atoms with Gasteiger partial charge in [0.05, 0.1) is 19.2 Å². The number of aliphatic hydroxyl groups is 2. The Kier molecular flexibility index (Phi) is 15.0. The molecule has 0 bridgehead atoms. The second kappa shape index (κ2) is 21.3. The van der Waals surface area contributed by atoms with Crippen LogP contribution in [0.15, 0.2) is 12.7 Å². The number of aliphatic hydroxyl groups excluding tert-OH is 2. The van der Waals surface area contributed by atoms with Crippen molar-refractivity contribution in [1.29, 1.82) is 0 Å². The van der Waals surface area contributed by atoms with Gasteiger partial charge in [0.1, 0.15) is 17.7 Å². The molecule has 23 nitrogen and oxygen atoms in total.